The lowest BCUT2D eigenvalue weighted by Crippen LogP contribution is -2.28. The van der Waals surface area contributed by atoms with Gasteiger partial charge in [-0.3, -0.25) is 14.4 Å². The maximum Gasteiger partial charge on any atom is 0.322 e. The molecule has 3 N–H and O–H groups in total. The third-order valence-corrected chi connectivity index (χ3v) is 5.85. The topological polar surface area (TPSA) is 95.5 Å². The Balaban J connectivity index is 3.18. The molecule has 0 fully saturated rings. The summed E-state index contributed by atoms with van der Waals surface area (Å²) in [7, 11) is 0. The highest BCUT2D eigenvalue weighted by Gasteiger charge is 2.03. The first kappa shape index (κ1) is 30.4. The number of carboxylic acids is 1. The van der Waals surface area contributed by atoms with Crippen molar-refractivity contribution in [2.24, 2.45) is 0 Å². The quantitative estimate of drug-likeness (QED) is 0.153. The van der Waals surface area contributed by atoms with Crippen LogP contribution in [0, 0.1) is 0 Å². The molecule has 0 aromatic carbocycles. The molecule has 188 valence electrons. The predicted octanol–water partition coefficient (Wildman–Crippen LogP) is 6.13. The van der Waals surface area contributed by atoms with Gasteiger partial charge in [-0.25, -0.2) is 0 Å². The van der Waals surface area contributed by atoms with Crippen molar-refractivity contribution in [1.29, 1.82) is 0 Å². The summed E-state index contributed by atoms with van der Waals surface area (Å²) < 4.78 is 0. The van der Waals surface area contributed by atoms with Crippen molar-refractivity contribution in [3.63, 3.8) is 0 Å². The molecule has 0 aromatic heterocycles. The molecule has 0 bridgehead atoms. The van der Waals surface area contributed by atoms with Gasteiger partial charge in [0.25, 0.3) is 0 Å². The van der Waals surface area contributed by atoms with E-state index in [1.165, 1.54) is 83.5 Å². The summed E-state index contributed by atoms with van der Waals surface area (Å²) in [5, 5.41) is 13.9. The van der Waals surface area contributed by atoms with Gasteiger partial charge in [-0.2, -0.15) is 0 Å². The van der Waals surface area contributed by atoms with E-state index in [1.807, 2.05) is 0 Å². The van der Waals surface area contributed by atoms with Gasteiger partial charge in [0.05, 0.1) is 0 Å². The monoisotopic (exact) mass is 454 g/mol. The van der Waals surface area contributed by atoms with Crippen LogP contribution in [0.2, 0.25) is 0 Å². The summed E-state index contributed by atoms with van der Waals surface area (Å²) >= 11 is 0. The van der Waals surface area contributed by atoms with Gasteiger partial charge in [0.1, 0.15) is 6.54 Å². The van der Waals surface area contributed by atoms with Crippen LogP contribution in [0.25, 0.3) is 0 Å². The summed E-state index contributed by atoms with van der Waals surface area (Å²) in [6, 6.07) is 0. The Morgan fingerprint density at radius 2 is 0.906 bits per heavy atom. The van der Waals surface area contributed by atoms with Crippen LogP contribution in [0.15, 0.2) is 0 Å². The number of unbranched alkanes of at least 4 members (excludes halogenated alkanes) is 16. The molecule has 2 amide bonds. The smallest absolute Gasteiger partial charge is 0.322 e. The van der Waals surface area contributed by atoms with E-state index in [9.17, 15) is 14.4 Å². The Morgan fingerprint density at radius 3 is 1.31 bits per heavy atom. The maximum atomic E-state index is 11.7. The fraction of sp³-hybridized carbons (Fsp3) is 0.885. The van der Waals surface area contributed by atoms with Gasteiger partial charge < -0.3 is 15.7 Å². The van der Waals surface area contributed by atoms with Crippen molar-refractivity contribution < 1.29 is 19.5 Å². The Morgan fingerprint density at radius 1 is 0.531 bits per heavy atom. The highest BCUT2D eigenvalue weighted by Crippen LogP contribution is 2.13. The van der Waals surface area contributed by atoms with Crippen molar-refractivity contribution in [2.75, 3.05) is 13.1 Å². The highest BCUT2D eigenvalue weighted by molar-refractivity contribution is 5.80. The third-order valence-electron chi connectivity index (χ3n) is 5.85. The zero-order chi connectivity index (χ0) is 23.7. The third kappa shape index (κ3) is 24.7. The minimum absolute atomic E-state index is 0.161. The molecule has 0 heterocycles. The molecule has 0 rings (SSSR count). The number of aliphatic carboxylic acids is 1. The first-order chi connectivity index (χ1) is 15.6. The van der Waals surface area contributed by atoms with E-state index in [-0.39, 0.29) is 18.4 Å². The average molecular weight is 455 g/mol. The lowest BCUT2D eigenvalue weighted by atomic mass is 10.0. The second kappa shape index (κ2) is 24.1. The van der Waals surface area contributed by atoms with Crippen molar-refractivity contribution >= 4 is 17.8 Å². The fourth-order valence-corrected chi connectivity index (χ4v) is 3.82. The van der Waals surface area contributed by atoms with E-state index in [2.05, 4.69) is 17.6 Å². The molecular formula is C26H50N2O4. The molecule has 0 unspecified atom stereocenters. The average Bonchev–Trinajstić information content (AvgIpc) is 2.77. The van der Waals surface area contributed by atoms with Crippen molar-refractivity contribution in [3.05, 3.63) is 0 Å². The normalized spacial score (nSPS) is 10.8. The summed E-state index contributed by atoms with van der Waals surface area (Å²) in [6.45, 7) is 2.76. The molecule has 0 aliphatic rings. The summed E-state index contributed by atoms with van der Waals surface area (Å²) in [6.07, 6.45) is 22.8. The summed E-state index contributed by atoms with van der Waals surface area (Å²) in [5.74, 6) is -0.934. The van der Waals surface area contributed by atoms with E-state index < -0.39 is 5.97 Å². The second-order valence-electron chi connectivity index (χ2n) is 9.03. The Hall–Kier alpha value is -1.59. The number of rotatable bonds is 24. The Labute approximate surface area is 196 Å². The lowest BCUT2D eigenvalue weighted by molar-refractivity contribution is -0.138. The number of hydrogen-bond acceptors (Lipinski definition) is 3. The van der Waals surface area contributed by atoms with Crippen molar-refractivity contribution in [3.8, 4) is 0 Å². The van der Waals surface area contributed by atoms with Gasteiger partial charge in [-0.1, -0.05) is 103 Å². The van der Waals surface area contributed by atoms with Crippen molar-refractivity contribution in [2.45, 2.75) is 135 Å². The van der Waals surface area contributed by atoms with Crippen LogP contribution in [-0.2, 0) is 14.4 Å². The lowest BCUT2D eigenvalue weighted by Gasteiger charge is -2.05. The van der Waals surface area contributed by atoms with Gasteiger partial charge >= 0.3 is 5.97 Å². The van der Waals surface area contributed by atoms with Crippen LogP contribution in [0.5, 0.6) is 0 Å². The van der Waals surface area contributed by atoms with Crippen LogP contribution in [0.3, 0.4) is 0 Å². The van der Waals surface area contributed by atoms with Gasteiger partial charge in [0.2, 0.25) is 11.8 Å². The van der Waals surface area contributed by atoms with Crippen LogP contribution in [0.4, 0.5) is 0 Å². The zero-order valence-corrected chi connectivity index (χ0v) is 20.7. The van der Waals surface area contributed by atoms with Gasteiger partial charge in [-0.05, 0) is 19.3 Å². The predicted molar refractivity (Wildman–Crippen MR) is 132 cm³/mol. The first-order valence-electron chi connectivity index (χ1n) is 13.3. The van der Waals surface area contributed by atoms with Crippen molar-refractivity contribution in [1.82, 2.24) is 10.6 Å². The van der Waals surface area contributed by atoms with Crippen LogP contribution in [0.1, 0.15) is 135 Å². The van der Waals surface area contributed by atoms with Gasteiger partial charge in [0, 0.05) is 19.4 Å². The molecule has 32 heavy (non-hydrogen) atoms. The number of carboxylic acid groups (broad SMARTS) is 1. The number of carbonyl (C=O) groups is 3. The van der Waals surface area contributed by atoms with Gasteiger partial charge in [-0.15, -0.1) is 0 Å². The van der Waals surface area contributed by atoms with Crippen LogP contribution < -0.4 is 10.6 Å². The highest BCUT2D eigenvalue weighted by atomic mass is 16.4. The summed E-state index contributed by atoms with van der Waals surface area (Å²) in [5.41, 5.74) is 0. The molecular weight excluding hydrogens is 404 g/mol. The second-order valence-corrected chi connectivity index (χ2v) is 9.03. The van der Waals surface area contributed by atoms with E-state index in [4.69, 9.17) is 5.11 Å². The van der Waals surface area contributed by atoms with Gasteiger partial charge in [0.15, 0.2) is 0 Å². The number of amides is 2. The standard InChI is InChI=1S/C26H50N2O4/c1-2-3-4-19-22-27-24(29)20-17-15-13-11-9-7-5-6-8-10-12-14-16-18-21-25(30)28-23-26(31)32/h2-23H2,1H3,(H,27,29)(H,28,30)(H,31,32). The van der Waals surface area contributed by atoms with Crippen LogP contribution in [-0.4, -0.2) is 36.0 Å². The van der Waals surface area contributed by atoms with E-state index in [0.717, 1.165) is 38.6 Å². The Bertz CT molecular complexity index is 469. The molecule has 0 radical (unpaired) electrons. The van der Waals surface area contributed by atoms with E-state index in [1.54, 1.807) is 0 Å². The molecule has 0 aliphatic carbocycles. The summed E-state index contributed by atoms with van der Waals surface area (Å²) in [4.78, 5) is 33.5. The number of carbonyl (C=O) groups excluding carboxylic acids is 2. The number of hydrogen-bond donors (Lipinski definition) is 3. The van der Waals surface area contributed by atoms with Crippen LogP contribution >= 0.6 is 0 Å². The largest absolute Gasteiger partial charge is 0.480 e. The zero-order valence-electron chi connectivity index (χ0n) is 20.7. The SMILES string of the molecule is CCCCCCNC(=O)CCCCCCCCCCCCCCCCC(=O)NCC(=O)O. The first-order valence-corrected chi connectivity index (χ1v) is 13.3. The molecule has 6 heteroatoms. The minimum atomic E-state index is -0.997. The molecule has 0 atom stereocenters. The fourth-order valence-electron chi connectivity index (χ4n) is 3.82. The molecule has 0 aromatic rings. The van der Waals surface area contributed by atoms with E-state index >= 15 is 0 Å². The van der Waals surface area contributed by atoms with E-state index in [0.29, 0.717) is 12.8 Å². The molecule has 0 saturated carbocycles. The molecule has 6 nitrogen and oxygen atoms in total. The molecule has 0 aliphatic heterocycles. The molecule has 0 spiro atoms. The molecule has 0 saturated heterocycles. The maximum absolute atomic E-state index is 11.7. The number of nitrogens with one attached hydrogen (secondary N) is 2. The Kier molecular flexibility index (Phi) is 22.9. The minimum Gasteiger partial charge on any atom is -0.480 e.